The second kappa shape index (κ2) is 6.41. The Labute approximate surface area is 118 Å². The van der Waals surface area contributed by atoms with E-state index in [4.69, 9.17) is 9.84 Å². The molecule has 0 saturated carbocycles. The number of carbonyl (C=O) groups is 2. The summed E-state index contributed by atoms with van der Waals surface area (Å²) in [5.41, 5.74) is -0.537. The first-order valence-electron chi connectivity index (χ1n) is 6.73. The molecule has 1 saturated heterocycles. The molecule has 1 aliphatic heterocycles. The number of hydrogen-bond acceptors (Lipinski definition) is 4. The summed E-state index contributed by atoms with van der Waals surface area (Å²) in [7, 11) is 0. The van der Waals surface area contributed by atoms with Gasteiger partial charge in [0.1, 0.15) is 0 Å². The molecule has 1 aliphatic rings. The second-order valence-electron chi connectivity index (χ2n) is 5.93. The number of carboxylic acids is 1. The van der Waals surface area contributed by atoms with Crippen LogP contribution < -0.4 is 5.32 Å². The van der Waals surface area contributed by atoms with Crippen molar-refractivity contribution in [2.45, 2.75) is 45.4 Å². The van der Waals surface area contributed by atoms with Gasteiger partial charge < -0.3 is 25.2 Å². The Morgan fingerprint density at radius 2 is 2.05 bits per heavy atom. The molecule has 1 fully saturated rings. The van der Waals surface area contributed by atoms with Crippen LogP contribution in [0.2, 0.25) is 0 Å². The number of amides is 2. The van der Waals surface area contributed by atoms with Crippen molar-refractivity contribution in [3.63, 3.8) is 0 Å². The normalized spacial score (nSPS) is 24.9. The molecule has 3 N–H and O–H groups in total. The minimum absolute atomic E-state index is 0.158. The SMILES string of the molecule is CC(NC(=O)N1CC(CO)OC(C)(C)C1)C(C)C(=O)O. The number of aliphatic carboxylic acids is 1. The molecule has 7 nitrogen and oxygen atoms in total. The standard InChI is InChI=1S/C13H24N2O5/c1-8(11(17)18)9(2)14-12(19)15-5-10(6-16)20-13(3,4)7-15/h8-10,16H,5-7H2,1-4H3,(H,14,19)(H,17,18). The summed E-state index contributed by atoms with van der Waals surface area (Å²) >= 11 is 0. The van der Waals surface area contributed by atoms with Gasteiger partial charge in [0.15, 0.2) is 0 Å². The highest BCUT2D eigenvalue weighted by molar-refractivity contribution is 5.76. The molecule has 20 heavy (non-hydrogen) atoms. The van der Waals surface area contributed by atoms with Crippen molar-refractivity contribution in [1.29, 1.82) is 0 Å². The maximum Gasteiger partial charge on any atom is 0.317 e. The molecule has 0 aromatic heterocycles. The Kier molecular flexibility index (Phi) is 5.35. The molecule has 0 aromatic carbocycles. The molecule has 0 aromatic rings. The molecule has 1 heterocycles. The number of aliphatic hydroxyl groups excluding tert-OH is 1. The fourth-order valence-corrected chi connectivity index (χ4v) is 2.17. The van der Waals surface area contributed by atoms with E-state index in [9.17, 15) is 14.7 Å². The predicted octanol–water partition coefficient (Wildman–Crippen LogP) is 0.277. The molecular weight excluding hydrogens is 264 g/mol. The highest BCUT2D eigenvalue weighted by atomic mass is 16.5. The first-order chi connectivity index (χ1) is 9.16. The van der Waals surface area contributed by atoms with Crippen LogP contribution in [0, 0.1) is 5.92 Å². The molecule has 7 heteroatoms. The molecular formula is C13H24N2O5. The van der Waals surface area contributed by atoms with E-state index in [1.54, 1.807) is 18.7 Å². The van der Waals surface area contributed by atoms with Crippen LogP contribution in [0.1, 0.15) is 27.7 Å². The quantitative estimate of drug-likeness (QED) is 0.690. The van der Waals surface area contributed by atoms with Crippen LogP contribution in [0.25, 0.3) is 0 Å². The van der Waals surface area contributed by atoms with Gasteiger partial charge in [0, 0.05) is 6.04 Å². The fourth-order valence-electron chi connectivity index (χ4n) is 2.17. The van der Waals surface area contributed by atoms with E-state index >= 15 is 0 Å². The molecule has 0 aliphatic carbocycles. The zero-order valence-electron chi connectivity index (χ0n) is 12.4. The lowest BCUT2D eigenvalue weighted by Crippen LogP contribution is -2.59. The highest BCUT2D eigenvalue weighted by Crippen LogP contribution is 2.21. The van der Waals surface area contributed by atoms with Gasteiger partial charge in [-0.25, -0.2) is 4.79 Å². The largest absolute Gasteiger partial charge is 0.481 e. The van der Waals surface area contributed by atoms with Gasteiger partial charge in [-0.1, -0.05) is 0 Å². The van der Waals surface area contributed by atoms with Crippen LogP contribution in [-0.4, -0.2) is 64.6 Å². The van der Waals surface area contributed by atoms with Crippen LogP contribution in [0.5, 0.6) is 0 Å². The van der Waals surface area contributed by atoms with Crippen molar-refractivity contribution in [1.82, 2.24) is 10.2 Å². The minimum Gasteiger partial charge on any atom is -0.481 e. The summed E-state index contributed by atoms with van der Waals surface area (Å²) in [6.07, 6.45) is -0.420. The maximum absolute atomic E-state index is 12.2. The number of hydrogen-bond donors (Lipinski definition) is 3. The van der Waals surface area contributed by atoms with Gasteiger partial charge in [-0.15, -0.1) is 0 Å². The van der Waals surface area contributed by atoms with Crippen LogP contribution in [0.4, 0.5) is 4.79 Å². The van der Waals surface area contributed by atoms with E-state index in [1.165, 1.54) is 0 Å². The lowest BCUT2D eigenvalue weighted by Gasteiger charge is -2.42. The lowest BCUT2D eigenvalue weighted by atomic mass is 10.0. The number of aliphatic hydroxyl groups is 1. The zero-order valence-corrected chi connectivity index (χ0v) is 12.4. The van der Waals surface area contributed by atoms with E-state index in [2.05, 4.69) is 5.32 Å². The van der Waals surface area contributed by atoms with Crippen molar-refractivity contribution in [2.75, 3.05) is 19.7 Å². The number of rotatable bonds is 4. The predicted molar refractivity (Wildman–Crippen MR) is 72.4 cm³/mol. The average molecular weight is 288 g/mol. The van der Waals surface area contributed by atoms with Gasteiger partial charge in [0.2, 0.25) is 0 Å². The van der Waals surface area contributed by atoms with Crippen LogP contribution in [0.15, 0.2) is 0 Å². The zero-order chi connectivity index (χ0) is 15.5. The number of carbonyl (C=O) groups excluding carboxylic acids is 1. The smallest absolute Gasteiger partial charge is 0.317 e. The minimum atomic E-state index is -0.951. The van der Waals surface area contributed by atoms with Gasteiger partial charge in [-0.05, 0) is 27.7 Å². The molecule has 3 unspecified atom stereocenters. The van der Waals surface area contributed by atoms with Gasteiger partial charge in [0.05, 0.1) is 37.3 Å². The van der Waals surface area contributed by atoms with Gasteiger partial charge in [0.25, 0.3) is 0 Å². The number of nitrogens with zero attached hydrogens (tertiary/aromatic N) is 1. The molecule has 0 radical (unpaired) electrons. The Hall–Kier alpha value is -1.34. The monoisotopic (exact) mass is 288 g/mol. The second-order valence-corrected chi connectivity index (χ2v) is 5.93. The number of nitrogens with one attached hydrogen (secondary N) is 1. The van der Waals surface area contributed by atoms with E-state index in [0.29, 0.717) is 13.1 Å². The molecule has 3 atom stereocenters. The number of carboxylic acid groups (broad SMARTS) is 1. The van der Waals surface area contributed by atoms with Crippen LogP contribution in [0.3, 0.4) is 0 Å². The molecule has 1 rings (SSSR count). The first-order valence-corrected chi connectivity index (χ1v) is 6.73. The number of morpholine rings is 1. The third-order valence-electron chi connectivity index (χ3n) is 3.46. The molecule has 116 valence electrons. The average Bonchev–Trinajstić information content (AvgIpc) is 2.35. The van der Waals surface area contributed by atoms with Crippen LogP contribution in [-0.2, 0) is 9.53 Å². The van der Waals surface area contributed by atoms with Gasteiger partial charge >= 0.3 is 12.0 Å². The van der Waals surface area contributed by atoms with Crippen molar-refractivity contribution in [3.8, 4) is 0 Å². The summed E-state index contributed by atoms with van der Waals surface area (Å²) in [4.78, 5) is 24.6. The van der Waals surface area contributed by atoms with Crippen molar-refractivity contribution in [2.24, 2.45) is 5.92 Å². The van der Waals surface area contributed by atoms with E-state index in [0.717, 1.165) is 0 Å². The summed E-state index contributed by atoms with van der Waals surface area (Å²) in [5.74, 6) is -1.62. The number of ether oxygens (including phenoxy) is 1. The lowest BCUT2D eigenvalue weighted by molar-refractivity contribution is -0.142. The van der Waals surface area contributed by atoms with Crippen molar-refractivity contribution >= 4 is 12.0 Å². The Bertz CT molecular complexity index is 372. The molecule has 0 spiro atoms. The molecule has 2 amide bonds. The third kappa shape index (κ3) is 4.35. The Balaban J connectivity index is 2.64. The Morgan fingerprint density at radius 3 is 2.55 bits per heavy atom. The third-order valence-corrected chi connectivity index (χ3v) is 3.46. The van der Waals surface area contributed by atoms with Gasteiger partial charge in [-0.3, -0.25) is 4.79 Å². The molecule has 0 bridgehead atoms. The first kappa shape index (κ1) is 16.7. The number of urea groups is 1. The van der Waals surface area contributed by atoms with Crippen molar-refractivity contribution in [3.05, 3.63) is 0 Å². The topological polar surface area (TPSA) is 99.1 Å². The van der Waals surface area contributed by atoms with Crippen LogP contribution >= 0.6 is 0 Å². The van der Waals surface area contributed by atoms with E-state index < -0.39 is 29.6 Å². The summed E-state index contributed by atoms with van der Waals surface area (Å²) in [5, 5.41) is 20.8. The van der Waals surface area contributed by atoms with Gasteiger partial charge in [-0.2, -0.15) is 0 Å². The Morgan fingerprint density at radius 1 is 1.45 bits per heavy atom. The highest BCUT2D eigenvalue weighted by Gasteiger charge is 2.36. The maximum atomic E-state index is 12.2. The van der Waals surface area contributed by atoms with E-state index in [-0.39, 0.29) is 12.6 Å². The summed E-state index contributed by atoms with van der Waals surface area (Å²) in [6.45, 7) is 7.42. The fraction of sp³-hybridized carbons (Fsp3) is 0.846. The van der Waals surface area contributed by atoms with E-state index in [1.807, 2.05) is 13.8 Å². The summed E-state index contributed by atoms with van der Waals surface area (Å²) in [6, 6.07) is -0.807. The summed E-state index contributed by atoms with van der Waals surface area (Å²) < 4.78 is 5.63. The van der Waals surface area contributed by atoms with Crippen molar-refractivity contribution < 1.29 is 24.5 Å².